The molecule has 178 valence electrons. The predicted octanol–water partition coefficient (Wildman–Crippen LogP) is 2.70. The normalized spacial score (nSPS) is 19.6. The zero-order valence-corrected chi connectivity index (χ0v) is 19.1. The molecule has 1 heterocycles. The number of carbonyl (C=O) groups excluding carboxylic acids is 1. The number of hydrogen-bond acceptors (Lipinski definition) is 6. The number of hydrogen-bond donors (Lipinski definition) is 4. The number of rotatable bonds is 8. The average Bonchev–Trinajstić information content (AvgIpc) is 2.80. The van der Waals surface area contributed by atoms with Crippen molar-refractivity contribution in [3.63, 3.8) is 0 Å². The highest BCUT2D eigenvalue weighted by molar-refractivity contribution is 5.88. The van der Waals surface area contributed by atoms with Crippen LogP contribution in [0.4, 0.5) is 0 Å². The zero-order chi connectivity index (χ0) is 24.3. The van der Waals surface area contributed by atoms with Crippen molar-refractivity contribution in [2.24, 2.45) is 0 Å². The molecule has 1 amide bonds. The molecular formula is C26H29N3O5. The highest BCUT2D eigenvalue weighted by Gasteiger charge is 2.45. The summed E-state index contributed by atoms with van der Waals surface area (Å²) in [6.07, 6.45) is 3.13. The quantitative estimate of drug-likeness (QED) is 0.473. The monoisotopic (exact) mass is 463 g/mol. The molecule has 1 saturated carbocycles. The largest absolute Gasteiger partial charge is 0.487 e. The summed E-state index contributed by atoms with van der Waals surface area (Å²) in [4.78, 5) is 23.3. The van der Waals surface area contributed by atoms with Gasteiger partial charge in [-0.1, -0.05) is 12.1 Å². The van der Waals surface area contributed by atoms with Gasteiger partial charge in [-0.2, -0.15) is 5.26 Å². The first-order valence-corrected chi connectivity index (χ1v) is 11.5. The van der Waals surface area contributed by atoms with E-state index in [0.29, 0.717) is 24.2 Å². The summed E-state index contributed by atoms with van der Waals surface area (Å²) in [5, 5.41) is 35.8. The molecule has 3 atom stereocenters. The molecule has 2 aromatic rings. The lowest BCUT2D eigenvalue weighted by atomic mass is 9.72. The van der Waals surface area contributed by atoms with Crippen LogP contribution in [0.1, 0.15) is 65.7 Å². The van der Waals surface area contributed by atoms with E-state index in [2.05, 4.69) is 16.7 Å². The number of nitrogens with zero attached hydrogens (tertiary/aromatic N) is 1. The summed E-state index contributed by atoms with van der Waals surface area (Å²) in [5.74, 6) is -0.582. The second-order valence-corrected chi connectivity index (χ2v) is 9.25. The van der Waals surface area contributed by atoms with Crippen molar-refractivity contribution in [2.75, 3.05) is 6.54 Å². The highest BCUT2D eigenvalue weighted by atomic mass is 16.5. The van der Waals surface area contributed by atoms with E-state index in [4.69, 9.17) is 10.00 Å². The molecule has 0 saturated heterocycles. The Morgan fingerprint density at radius 2 is 2.06 bits per heavy atom. The summed E-state index contributed by atoms with van der Waals surface area (Å²) in [6, 6.07) is 13.4. The molecule has 4 rings (SSSR count). The number of nitriles is 1. The fourth-order valence-electron chi connectivity index (χ4n) is 4.83. The summed E-state index contributed by atoms with van der Waals surface area (Å²) in [7, 11) is 0. The number of aliphatic hydroxyl groups excluding tert-OH is 1. The molecule has 1 aliphatic carbocycles. The molecule has 34 heavy (non-hydrogen) atoms. The Kier molecular flexibility index (Phi) is 6.87. The van der Waals surface area contributed by atoms with Crippen molar-refractivity contribution in [3.05, 3.63) is 64.7 Å². The SMILES string of the molecule is CC(=O)N[C@@H](Cc1cccc(C#N)c1)[C@H](O)CN[C@H]1CC2(CCC2)Oc2ccc(C(=O)O)cc21. The fourth-order valence-corrected chi connectivity index (χ4v) is 4.83. The van der Waals surface area contributed by atoms with Gasteiger partial charge in [-0.25, -0.2) is 4.79 Å². The number of fused-ring (bicyclic) bond motifs is 1. The molecule has 1 fully saturated rings. The molecule has 0 unspecified atom stereocenters. The average molecular weight is 464 g/mol. The molecule has 4 N–H and O–H groups in total. The second-order valence-electron chi connectivity index (χ2n) is 9.25. The maximum absolute atomic E-state index is 11.8. The Balaban J connectivity index is 1.50. The number of nitrogens with one attached hydrogen (secondary N) is 2. The molecule has 8 heteroatoms. The topological polar surface area (TPSA) is 132 Å². The molecule has 1 spiro atoms. The zero-order valence-electron chi connectivity index (χ0n) is 19.1. The molecular weight excluding hydrogens is 434 g/mol. The van der Waals surface area contributed by atoms with Crippen LogP contribution in [-0.2, 0) is 11.2 Å². The predicted molar refractivity (Wildman–Crippen MR) is 124 cm³/mol. The van der Waals surface area contributed by atoms with E-state index in [1.54, 1.807) is 36.4 Å². The van der Waals surface area contributed by atoms with Gasteiger partial charge in [0.15, 0.2) is 0 Å². The van der Waals surface area contributed by atoms with Crippen LogP contribution in [-0.4, -0.2) is 46.4 Å². The van der Waals surface area contributed by atoms with Gasteiger partial charge < -0.3 is 25.6 Å². The van der Waals surface area contributed by atoms with Gasteiger partial charge in [0, 0.05) is 31.5 Å². The van der Waals surface area contributed by atoms with E-state index in [0.717, 1.165) is 30.4 Å². The number of ether oxygens (including phenoxy) is 1. The van der Waals surface area contributed by atoms with Gasteiger partial charge in [0.05, 0.1) is 29.3 Å². The van der Waals surface area contributed by atoms with Crippen molar-refractivity contribution in [1.82, 2.24) is 10.6 Å². The molecule has 0 radical (unpaired) electrons. The number of amides is 1. The third kappa shape index (κ3) is 5.22. The summed E-state index contributed by atoms with van der Waals surface area (Å²) in [6.45, 7) is 1.60. The molecule has 2 aromatic carbocycles. The number of benzene rings is 2. The summed E-state index contributed by atoms with van der Waals surface area (Å²) >= 11 is 0. The number of aliphatic hydroxyl groups is 1. The van der Waals surface area contributed by atoms with Crippen LogP contribution >= 0.6 is 0 Å². The van der Waals surface area contributed by atoms with Crippen molar-refractivity contribution >= 4 is 11.9 Å². The number of carboxylic acid groups (broad SMARTS) is 1. The highest BCUT2D eigenvalue weighted by Crippen LogP contribution is 2.49. The van der Waals surface area contributed by atoms with Crippen molar-refractivity contribution < 1.29 is 24.5 Å². The van der Waals surface area contributed by atoms with Crippen LogP contribution < -0.4 is 15.4 Å². The van der Waals surface area contributed by atoms with E-state index in [1.165, 1.54) is 6.92 Å². The van der Waals surface area contributed by atoms with Crippen LogP contribution in [0.15, 0.2) is 42.5 Å². The van der Waals surface area contributed by atoms with Gasteiger partial charge in [-0.05, 0) is 61.6 Å². The minimum absolute atomic E-state index is 0.183. The molecule has 1 aliphatic heterocycles. The smallest absolute Gasteiger partial charge is 0.335 e. The Morgan fingerprint density at radius 3 is 2.71 bits per heavy atom. The Labute approximate surface area is 198 Å². The fraction of sp³-hybridized carbons (Fsp3) is 0.423. The molecule has 2 aliphatic rings. The second kappa shape index (κ2) is 9.84. The molecule has 0 aromatic heterocycles. The van der Waals surface area contributed by atoms with Crippen molar-refractivity contribution in [3.8, 4) is 11.8 Å². The van der Waals surface area contributed by atoms with Gasteiger partial charge in [0.25, 0.3) is 0 Å². The van der Waals surface area contributed by atoms with E-state index in [-0.39, 0.29) is 29.7 Å². The Bertz CT molecular complexity index is 1120. The van der Waals surface area contributed by atoms with Crippen LogP contribution in [0.3, 0.4) is 0 Å². The van der Waals surface area contributed by atoms with Crippen LogP contribution in [0.5, 0.6) is 5.75 Å². The first-order valence-electron chi connectivity index (χ1n) is 11.5. The third-order valence-corrected chi connectivity index (χ3v) is 6.74. The van der Waals surface area contributed by atoms with Gasteiger partial charge in [-0.15, -0.1) is 0 Å². The van der Waals surface area contributed by atoms with Gasteiger partial charge in [-0.3, -0.25) is 4.79 Å². The Morgan fingerprint density at radius 1 is 1.26 bits per heavy atom. The number of carbonyl (C=O) groups is 2. The first-order chi connectivity index (χ1) is 16.3. The summed E-state index contributed by atoms with van der Waals surface area (Å²) in [5.41, 5.74) is 2.06. The van der Waals surface area contributed by atoms with Crippen LogP contribution in [0, 0.1) is 11.3 Å². The Hall–Kier alpha value is -3.41. The van der Waals surface area contributed by atoms with E-state index in [9.17, 15) is 19.8 Å². The third-order valence-electron chi connectivity index (χ3n) is 6.74. The van der Waals surface area contributed by atoms with Gasteiger partial charge >= 0.3 is 5.97 Å². The van der Waals surface area contributed by atoms with Gasteiger partial charge in [0.1, 0.15) is 11.4 Å². The van der Waals surface area contributed by atoms with Crippen LogP contribution in [0.25, 0.3) is 0 Å². The van der Waals surface area contributed by atoms with E-state index >= 15 is 0 Å². The van der Waals surface area contributed by atoms with E-state index in [1.807, 2.05) is 6.07 Å². The molecule has 8 nitrogen and oxygen atoms in total. The molecule has 0 bridgehead atoms. The maximum atomic E-state index is 11.8. The standard InChI is InChI=1S/C26H29N3O5/c1-16(30)29-21(11-17-4-2-5-18(10-17)14-27)23(31)15-28-22-13-26(8-3-9-26)34-24-7-6-19(25(32)33)12-20(22)24/h2,4-7,10,12,21-23,28,31H,3,8-9,11,13,15H2,1H3,(H,29,30)(H,32,33)/t21-,22-,23+/m0/s1. The van der Waals surface area contributed by atoms with Crippen molar-refractivity contribution in [1.29, 1.82) is 5.26 Å². The number of aromatic carboxylic acids is 1. The maximum Gasteiger partial charge on any atom is 0.335 e. The lowest BCUT2D eigenvalue weighted by Gasteiger charge is -2.48. The van der Waals surface area contributed by atoms with E-state index < -0.39 is 18.1 Å². The van der Waals surface area contributed by atoms with Crippen LogP contribution in [0.2, 0.25) is 0 Å². The van der Waals surface area contributed by atoms with Crippen molar-refractivity contribution in [2.45, 2.75) is 62.8 Å². The first kappa shape index (κ1) is 23.7. The number of carboxylic acids is 1. The van der Waals surface area contributed by atoms with Gasteiger partial charge in [0.2, 0.25) is 5.91 Å². The lowest BCUT2D eigenvalue weighted by Crippen LogP contribution is -2.52. The minimum atomic E-state index is -1.00. The minimum Gasteiger partial charge on any atom is -0.487 e. The summed E-state index contributed by atoms with van der Waals surface area (Å²) < 4.78 is 6.25. The lowest BCUT2D eigenvalue weighted by molar-refractivity contribution is -0.120.